The molecule has 0 heterocycles. The number of alkyl halides is 6. The monoisotopic (exact) mass is 806 g/mol. The van der Waals surface area contributed by atoms with Crippen LogP contribution >= 0.6 is 7.92 Å². The van der Waals surface area contributed by atoms with Crippen LogP contribution in [0.4, 0.5) is 26.3 Å². The molecule has 57 heavy (non-hydrogen) atoms. The summed E-state index contributed by atoms with van der Waals surface area (Å²) in [6.45, 7) is 0. The Morgan fingerprint density at radius 2 is 0.947 bits per heavy atom. The first-order valence-electron chi connectivity index (χ1n) is 19.3. The molecule has 1 unspecified atom stereocenters. The molecule has 0 amide bonds. The maximum Gasteiger partial charge on any atom is 0.864 e. The van der Waals surface area contributed by atoms with Crippen LogP contribution in [-0.4, -0.2) is 20.0 Å². The second kappa shape index (κ2) is 18.2. The highest BCUT2D eigenvalue weighted by Gasteiger charge is 2.43. The minimum absolute atomic E-state index is 0.159. The van der Waals surface area contributed by atoms with Crippen molar-refractivity contribution in [3.8, 4) is 28.7 Å². The van der Waals surface area contributed by atoms with Crippen LogP contribution < -0.4 is 39.4 Å². The van der Waals surface area contributed by atoms with E-state index in [1.165, 1.54) is 6.07 Å². The van der Waals surface area contributed by atoms with Crippen molar-refractivity contribution in [1.82, 2.24) is 0 Å². The molecule has 0 radical (unpaired) electrons. The average Bonchev–Trinajstić information content (AvgIpc) is 3.19. The minimum Gasteiger partial charge on any atom is -0.490 e. The third-order valence-corrected chi connectivity index (χ3v) is 12.8. The summed E-state index contributed by atoms with van der Waals surface area (Å²) < 4.78 is 116. The van der Waals surface area contributed by atoms with Crippen LogP contribution in [0.5, 0.6) is 28.7 Å². The Kier molecular flexibility index (Phi) is 12.9. The predicted octanol–water partition coefficient (Wildman–Crippen LogP) is 11.9. The molecule has 2 fully saturated rings. The van der Waals surface area contributed by atoms with Gasteiger partial charge >= 0.3 is 20.0 Å². The summed E-state index contributed by atoms with van der Waals surface area (Å²) in [6, 6.07) is 35.2. The number of hydrogen-bond donors (Lipinski definition) is 0. The molecule has 0 saturated heterocycles. The Bertz CT molecular complexity index is 2000. The van der Waals surface area contributed by atoms with E-state index in [2.05, 4.69) is 0 Å². The van der Waals surface area contributed by atoms with Crippen LogP contribution in [0.25, 0.3) is 0 Å². The van der Waals surface area contributed by atoms with Gasteiger partial charge in [0, 0.05) is 16.4 Å². The third-order valence-electron chi connectivity index (χ3n) is 10.3. The minimum atomic E-state index is -5.19. The summed E-state index contributed by atoms with van der Waals surface area (Å²) in [5.74, 6) is -1.09. The van der Waals surface area contributed by atoms with Crippen molar-refractivity contribution < 1.29 is 49.8 Å². The van der Waals surface area contributed by atoms with Crippen LogP contribution in [0.3, 0.4) is 0 Å². The van der Waals surface area contributed by atoms with Gasteiger partial charge in [-0.1, -0.05) is 123 Å². The number of benzene rings is 5. The molecular weight excluding hydrogens is 764 g/mol. The highest BCUT2D eigenvalue weighted by atomic mass is 31.1. The number of halogens is 6. The van der Waals surface area contributed by atoms with Gasteiger partial charge in [0.1, 0.15) is 28.7 Å². The lowest BCUT2D eigenvalue weighted by Gasteiger charge is -2.35. The van der Waals surface area contributed by atoms with Gasteiger partial charge in [-0.2, -0.15) is 0 Å². The Balaban J connectivity index is 1.46. The van der Waals surface area contributed by atoms with E-state index in [0.29, 0.717) is 60.6 Å². The van der Waals surface area contributed by atoms with E-state index in [-0.39, 0.29) is 22.2 Å². The first kappa shape index (κ1) is 40.4. The van der Waals surface area contributed by atoms with Gasteiger partial charge < -0.3 is 23.4 Å². The Morgan fingerprint density at radius 1 is 0.474 bits per heavy atom. The molecule has 2 aliphatic carbocycles. The van der Waals surface area contributed by atoms with E-state index in [1.54, 1.807) is 91.0 Å². The van der Waals surface area contributed by atoms with E-state index in [4.69, 9.17) is 23.4 Å². The van der Waals surface area contributed by atoms with Gasteiger partial charge in [-0.3, -0.25) is 0 Å². The van der Waals surface area contributed by atoms with Crippen molar-refractivity contribution in [2.24, 2.45) is 0 Å². The van der Waals surface area contributed by atoms with E-state index in [9.17, 15) is 26.3 Å². The quantitative estimate of drug-likeness (QED) is 0.0674. The van der Waals surface area contributed by atoms with E-state index in [0.717, 1.165) is 25.7 Å². The summed E-state index contributed by atoms with van der Waals surface area (Å²) in [5.41, 5.74) is 0.123. The molecule has 0 aliphatic heterocycles. The molecule has 2 saturated carbocycles. The first-order valence-corrected chi connectivity index (χ1v) is 20.6. The van der Waals surface area contributed by atoms with Crippen molar-refractivity contribution in [2.75, 3.05) is 0 Å². The molecule has 298 valence electrons. The van der Waals surface area contributed by atoms with Crippen LogP contribution in [0.2, 0.25) is 0 Å². The first-order chi connectivity index (χ1) is 27.5. The maximum atomic E-state index is 14.7. The second-order valence-corrected chi connectivity index (χ2v) is 16.4. The fraction of sp³-hybridized carbons (Fsp3) is 0.318. The molecule has 5 aromatic carbocycles. The Morgan fingerprint density at radius 3 is 1.47 bits per heavy atom. The summed E-state index contributed by atoms with van der Waals surface area (Å²) >= 11 is 0. The van der Waals surface area contributed by atoms with Crippen LogP contribution in [0.15, 0.2) is 121 Å². The van der Waals surface area contributed by atoms with Gasteiger partial charge in [0.15, 0.2) is 0 Å². The summed E-state index contributed by atoms with van der Waals surface area (Å²) in [5, 5.41) is 1.48. The highest BCUT2D eigenvalue weighted by Crippen LogP contribution is 2.53. The topological polar surface area (TPSA) is 46.2 Å². The van der Waals surface area contributed by atoms with Crippen molar-refractivity contribution in [3.63, 3.8) is 0 Å². The van der Waals surface area contributed by atoms with Gasteiger partial charge in [0.25, 0.3) is 0 Å². The molecule has 0 spiro atoms. The molecule has 0 aromatic heterocycles. The van der Waals surface area contributed by atoms with E-state index in [1.807, 2.05) is 24.3 Å². The largest absolute Gasteiger partial charge is 0.864 e. The number of hydrogen-bond acceptors (Lipinski definition) is 5. The maximum absolute atomic E-state index is 14.7. The second-order valence-electron chi connectivity index (χ2n) is 14.2. The summed E-state index contributed by atoms with van der Waals surface area (Å²) in [4.78, 5) is 0. The molecule has 13 heteroatoms. The normalized spacial score (nSPS) is 16.0. The summed E-state index contributed by atoms with van der Waals surface area (Å²) in [7, 11) is -3.28. The molecule has 5 nitrogen and oxygen atoms in total. The van der Waals surface area contributed by atoms with Crippen molar-refractivity contribution in [2.45, 2.75) is 88.8 Å². The van der Waals surface area contributed by atoms with Crippen molar-refractivity contribution in [3.05, 3.63) is 132 Å². The average molecular weight is 807 g/mol. The van der Waals surface area contributed by atoms with Gasteiger partial charge in [-0.05, 0) is 92.4 Å². The molecule has 1 atom stereocenters. The number of rotatable bonds is 13. The molecule has 0 bridgehead atoms. The molecule has 7 rings (SSSR count). The number of para-hydroxylation sites is 3. The van der Waals surface area contributed by atoms with Crippen LogP contribution in [0.1, 0.15) is 87.2 Å². The zero-order valence-electron chi connectivity index (χ0n) is 31.1. The van der Waals surface area contributed by atoms with Crippen molar-refractivity contribution >= 4 is 31.2 Å². The predicted molar refractivity (Wildman–Crippen MR) is 211 cm³/mol. The zero-order chi connectivity index (χ0) is 39.8. The van der Waals surface area contributed by atoms with Gasteiger partial charge in [0.05, 0.1) is 0 Å². The SMILES string of the molecule is FC(F)(F)Oc1cc(P(c2ccccc2)c2ccccc2OB(Oc2ccccc2)Oc2ccccc2)c(C2CCCCC2)c(OC(F)(F)F)c1C1CCCCC1. The van der Waals surface area contributed by atoms with E-state index >= 15 is 0 Å². The third kappa shape index (κ3) is 10.6. The Labute approximate surface area is 330 Å². The fourth-order valence-corrected chi connectivity index (χ4v) is 10.6. The van der Waals surface area contributed by atoms with Crippen LogP contribution in [0, 0.1) is 0 Å². The fourth-order valence-electron chi connectivity index (χ4n) is 7.96. The molecular formula is C44H42BF6O5P. The van der Waals surface area contributed by atoms with Crippen LogP contribution in [-0.2, 0) is 0 Å². The lowest BCUT2D eigenvalue weighted by Crippen LogP contribution is -2.38. The zero-order valence-corrected chi connectivity index (χ0v) is 32.0. The molecule has 5 aromatic rings. The molecule has 2 aliphatic rings. The standard InChI is InChI=1S/C44H42BF6O5P/c46-43(47,48)52-37-30-39(41(32-20-8-2-9-21-32)42(53-44(49,50)51)40(37)31-18-6-1-7-19-31)57(35-26-14-5-15-27-35)38-29-17-16-28-36(38)56-45(54-33-22-10-3-11-23-33)55-34-24-12-4-13-25-34/h3-5,10-17,22-32H,1-2,6-9,18-21H2. The highest BCUT2D eigenvalue weighted by molar-refractivity contribution is 7.80. The van der Waals surface area contributed by atoms with Gasteiger partial charge in [-0.25, -0.2) is 0 Å². The Hall–Kier alpha value is -4.83. The van der Waals surface area contributed by atoms with Crippen molar-refractivity contribution in [1.29, 1.82) is 0 Å². The van der Waals surface area contributed by atoms with Gasteiger partial charge in [0.2, 0.25) is 0 Å². The smallest absolute Gasteiger partial charge is 0.490 e. The number of ether oxygens (including phenoxy) is 2. The lowest BCUT2D eigenvalue weighted by molar-refractivity contribution is -0.277. The lowest BCUT2D eigenvalue weighted by atomic mass is 9.78. The van der Waals surface area contributed by atoms with E-state index < -0.39 is 51.3 Å². The van der Waals surface area contributed by atoms with Gasteiger partial charge in [-0.15, -0.1) is 26.3 Å². The summed E-state index contributed by atoms with van der Waals surface area (Å²) in [6.07, 6.45) is -3.83. The molecule has 0 N–H and O–H groups in total.